The third kappa shape index (κ3) is 3.08. The predicted octanol–water partition coefficient (Wildman–Crippen LogP) is 1.72. The second-order valence-electron chi connectivity index (χ2n) is 8.88. The highest BCUT2D eigenvalue weighted by molar-refractivity contribution is 5.92. The fourth-order valence-electron chi connectivity index (χ4n) is 5.80. The van der Waals surface area contributed by atoms with Crippen LogP contribution >= 0.6 is 0 Å². The molecule has 1 atom stereocenters. The lowest BCUT2D eigenvalue weighted by Gasteiger charge is -2.46. The molecule has 3 aliphatic heterocycles. The van der Waals surface area contributed by atoms with Crippen LogP contribution in [0.4, 0.5) is 0 Å². The average Bonchev–Trinajstić information content (AvgIpc) is 3.30. The van der Waals surface area contributed by atoms with E-state index in [1.807, 2.05) is 29.3 Å². The number of carbonyl (C=O) groups is 2. The highest BCUT2D eigenvalue weighted by atomic mass is 16.2. The van der Waals surface area contributed by atoms with E-state index in [-0.39, 0.29) is 22.6 Å². The van der Waals surface area contributed by atoms with E-state index in [9.17, 15) is 9.59 Å². The van der Waals surface area contributed by atoms with Crippen LogP contribution in [0.5, 0.6) is 0 Å². The molecule has 156 valence electrons. The van der Waals surface area contributed by atoms with Gasteiger partial charge >= 0.3 is 0 Å². The number of hydrogen-bond acceptors (Lipinski definition) is 5. The van der Waals surface area contributed by atoms with Crippen LogP contribution in [-0.2, 0) is 11.3 Å². The van der Waals surface area contributed by atoms with Gasteiger partial charge in [-0.15, -0.1) is 0 Å². The van der Waals surface area contributed by atoms with Crippen molar-refractivity contribution in [2.75, 3.05) is 32.7 Å². The predicted molar refractivity (Wildman–Crippen MR) is 111 cm³/mol. The SMILES string of the molecule is O=C(c1ccccn1)N1CCC2(CC1)CN(Cc1cccnc1)CC21CCNC1=O. The molecule has 1 N–H and O–H groups in total. The maximum atomic E-state index is 13.1. The van der Waals surface area contributed by atoms with Gasteiger partial charge in [0.15, 0.2) is 0 Å². The zero-order chi connectivity index (χ0) is 20.6. The number of amides is 2. The van der Waals surface area contributed by atoms with Crippen LogP contribution in [0, 0.1) is 10.8 Å². The first-order valence-electron chi connectivity index (χ1n) is 10.7. The molecule has 2 spiro atoms. The first-order chi connectivity index (χ1) is 14.6. The minimum atomic E-state index is -0.352. The van der Waals surface area contributed by atoms with Crippen molar-refractivity contribution in [3.8, 4) is 0 Å². The van der Waals surface area contributed by atoms with Gasteiger partial charge in [0.05, 0.1) is 5.41 Å². The van der Waals surface area contributed by atoms with Crippen LogP contribution in [0.15, 0.2) is 48.9 Å². The van der Waals surface area contributed by atoms with Gasteiger partial charge in [-0.1, -0.05) is 12.1 Å². The van der Waals surface area contributed by atoms with Crippen molar-refractivity contribution < 1.29 is 9.59 Å². The van der Waals surface area contributed by atoms with Crippen molar-refractivity contribution in [3.05, 3.63) is 60.2 Å². The number of carbonyl (C=O) groups excluding carboxylic acids is 2. The number of aromatic nitrogens is 2. The molecule has 0 saturated carbocycles. The lowest BCUT2D eigenvalue weighted by atomic mass is 9.60. The summed E-state index contributed by atoms with van der Waals surface area (Å²) in [6, 6.07) is 9.48. The van der Waals surface area contributed by atoms with Crippen molar-refractivity contribution in [3.63, 3.8) is 0 Å². The normalized spacial score (nSPS) is 25.7. The third-order valence-electron chi connectivity index (χ3n) is 7.33. The Kier molecular flexibility index (Phi) is 4.77. The molecule has 30 heavy (non-hydrogen) atoms. The molecule has 0 radical (unpaired) electrons. The van der Waals surface area contributed by atoms with Crippen LogP contribution < -0.4 is 5.32 Å². The quantitative estimate of drug-likeness (QED) is 0.841. The minimum absolute atomic E-state index is 0.0133. The Labute approximate surface area is 176 Å². The number of nitrogens with one attached hydrogen (secondary N) is 1. The molecule has 2 amide bonds. The van der Waals surface area contributed by atoms with E-state index < -0.39 is 0 Å². The summed E-state index contributed by atoms with van der Waals surface area (Å²) < 4.78 is 0. The lowest BCUT2D eigenvalue weighted by Crippen LogP contribution is -2.53. The largest absolute Gasteiger partial charge is 0.356 e. The van der Waals surface area contributed by atoms with E-state index in [4.69, 9.17) is 0 Å². The molecule has 5 heterocycles. The number of fused-ring (bicyclic) bond motifs is 1. The highest BCUT2D eigenvalue weighted by Crippen LogP contribution is 2.56. The van der Waals surface area contributed by atoms with Crippen LogP contribution in [0.2, 0.25) is 0 Å². The molecule has 5 rings (SSSR count). The summed E-state index contributed by atoms with van der Waals surface area (Å²) in [5.41, 5.74) is 1.23. The molecule has 0 aliphatic carbocycles. The average molecular weight is 406 g/mol. The number of nitrogens with zero attached hydrogens (tertiary/aromatic N) is 4. The Hall–Kier alpha value is -2.80. The molecule has 7 nitrogen and oxygen atoms in total. The molecule has 0 aromatic carbocycles. The Morgan fingerprint density at radius 1 is 1.07 bits per heavy atom. The summed E-state index contributed by atoms with van der Waals surface area (Å²) in [5.74, 6) is 0.182. The first kappa shape index (κ1) is 19.2. The summed E-state index contributed by atoms with van der Waals surface area (Å²) in [6.07, 6.45) is 7.92. The van der Waals surface area contributed by atoms with Crippen molar-refractivity contribution >= 4 is 11.8 Å². The Morgan fingerprint density at radius 2 is 1.93 bits per heavy atom. The van der Waals surface area contributed by atoms with E-state index in [2.05, 4.69) is 26.3 Å². The van der Waals surface area contributed by atoms with Crippen molar-refractivity contribution in [2.24, 2.45) is 10.8 Å². The topological polar surface area (TPSA) is 78.4 Å². The summed E-state index contributed by atoms with van der Waals surface area (Å²) in [5, 5.41) is 3.10. The van der Waals surface area contributed by atoms with Gasteiger partial charge in [0, 0.05) is 63.3 Å². The molecule has 3 aliphatic rings. The lowest BCUT2D eigenvalue weighted by molar-refractivity contribution is -0.133. The maximum Gasteiger partial charge on any atom is 0.272 e. The van der Waals surface area contributed by atoms with Crippen LogP contribution in [0.25, 0.3) is 0 Å². The van der Waals surface area contributed by atoms with Gasteiger partial charge in [-0.3, -0.25) is 24.5 Å². The molecular formula is C23H27N5O2. The summed E-state index contributed by atoms with van der Waals surface area (Å²) in [7, 11) is 0. The number of likely N-dealkylation sites (tertiary alicyclic amines) is 2. The van der Waals surface area contributed by atoms with Crippen LogP contribution in [-0.4, -0.2) is 64.3 Å². The van der Waals surface area contributed by atoms with Gasteiger partial charge in [-0.05, 0) is 43.0 Å². The zero-order valence-electron chi connectivity index (χ0n) is 17.1. The van der Waals surface area contributed by atoms with Crippen molar-refractivity contribution in [2.45, 2.75) is 25.8 Å². The van der Waals surface area contributed by atoms with E-state index in [1.54, 1.807) is 18.5 Å². The van der Waals surface area contributed by atoms with E-state index in [0.717, 1.165) is 45.4 Å². The van der Waals surface area contributed by atoms with E-state index in [1.165, 1.54) is 5.56 Å². The van der Waals surface area contributed by atoms with Crippen LogP contribution in [0.1, 0.15) is 35.3 Å². The molecule has 3 saturated heterocycles. The summed E-state index contributed by atoms with van der Waals surface area (Å²) in [6.45, 7) is 4.57. The summed E-state index contributed by atoms with van der Waals surface area (Å²) >= 11 is 0. The Morgan fingerprint density at radius 3 is 2.60 bits per heavy atom. The molecule has 3 fully saturated rings. The number of piperidine rings is 1. The van der Waals surface area contributed by atoms with Gasteiger partial charge in [0.2, 0.25) is 5.91 Å². The molecular weight excluding hydrogens is 378 g/mol. The standard InChI is InChI=1S/C23H27N5O2/c29-20(19-5-1-2-10-25-19)28-12-7-22(8-13-28)16-27(15-18-4-3-9-24-14-18)17-23(22)6-11-26-21(23)30/h1-5,9-10,14H,6-8,11-13,15-17H2,(H,26,30). The fraction of sp³-hybridized carbons (Fsp3) is 0.478. The molecule has 2 aromatic heterocycles. The minimum Gasteiger partial charge on any atom is -0.356 e. The highest BCUT2D eigenvalue weighted by Gasteiger charge is 2.63. The third-order valence-corrected chi connectivity index (χ3v) is 7.33. The van der Waals surface area contributed by atoms with E-state index >= 15 is 0 Å². The van der Waals surface area contributed by atoms with Gasteiger partial charge in [0.25, 0.3) is 5.91 Å². The van der Waals surface area contributed by atoms with Gasteiger partial charge in [-0.2, -0.15) is 0 Å². The molecule has 1 unspecified atom stereocenters. The van der Waals surface area contributed by atoms with E-state index in [0.29, 0.717) is 18.8 Å². The smallest absolute Gasteiger partial charge is 0.272 e. The maximum absolute atomic E-state index is 13.1. The number of pyridine rings is 2. The molecule has 0 bridgehead atoms. The first-order valence-corrected chi connectivity index (χ1v) is 10.7. The summed E-state index contributed by atoms with van der Waals surface area (Å²) in [4.78, 5) is 38.7. The Bertz CT molecular complexity index is 927. The fourth-order valence-corrected chi connectivity index (χ4v) is 5.80. The Balaban J connectivity index is 1.35. The second-order valence-corrected chi connectivity index (χ2v) is 8.88. The van der Waals surface area contributed by atoms with Crippen molar-refractivity contribution in [1.29, 1.82) is 0 Å². The zero-order valence-corrected chi connectivity index (χ0v) is 17.1. The number of hydrogen-bond donors (Lipinski definition) is 1. The van der Waals surface area contributed by atoms with Gasteiger partial charge < -0.3 is 10.2 Å². The monoisotopic (exact) mass is 405 g/mol. The van der Waals surface area contributed by atoms with Crippen LogP contribution in [0.3, 0.4) is 0 Å². The van der Waals surface area contributed by atoms with Gasteiger partial charge in [-0.25, -0.2) is 0 Å². The second kappa shape index (κ2) is 7.47. The molecule has 2 aromatic rings. The van der Waals surface area contributed by atoms with Crippen molar-refractivity contribution in [1.82, 2.24) is 25.1 Å². The number of rotatable bonds is 3. The van der Waals surface area contributed by atoms with Gasteiger partial charge in [0.1, 0.15) is 5.69 Å². The molecule has 7 heteroatoms.